The average Bonchev–Trinajstić information content (AvgIpc) is 2.07. The van der Waals surface area contributed by atoms with E-state index in [1.807, 2.05) is 19.9 Å². The van der Waals surface area contributed by atoms with Crippen LogP contribution >= 0.6 is 27.5 Å². The summed E-state index contributed by atoms with van der Waals surface area (Å²) in [4.78, 5) is 4.19. The van der Waals surface area contributed by atoms with Crippen LogP contribution in [0.2, 0.25) is 0 Å². The maximum absolute atomic E-state index is 5.80. The van der Waals surface area contributed by atoms with Crippen LogP contribution in [0.25, 0.3) is 0 Å². The number of aromatic nitrogens is 1. The maximum atomic E-state index is 5.80. The Morgan fingerprint density at radius 1 is 1.69 bits per heavy atom. The molecule has 2 nitrogen and oxygen atoms in total. The van der Waals surface area contributed by atoms with Crippen molar-refractivity contribution >= 4 is 33.3 Å². The van der Waals surface area contributed by atoms with Gasteiger partial charge in [0.15, 0.2) is 0 Å². The first-order valence-electron chi connectivity index (χ1n) is 4.09. The summed E-state index contributed by atoms with van der Waals surface area (Å²) in [5.74, 6) is 0.869. The number of halogens is 2. The summed E-state index contributed by atoms with van der Waals surface area (Å²) >= 11 is 9.19. The van der Waals surface area contributed by atoms with Gasteiger partial charge in [-0.25, -0.2) is 4.98 Å². The maximum Gasteiger partial charge on any atom is 0.126 e. The third kappa shape index (κ3) is 3.53. The Hall–Kier alpha value is -0.280. The Morgan fingerprint density at radius 3 is 2.92 bits per heavy atom. The van der Waals surface area contributed by atoms with Gasteiger partial charge in [0.05, 0.1) is 0 Å². The Bertz CT molecular complexity index is 289. The van der Waals surface area contributed by atoms with Crippen LogP contribution in [0.4, 0.5) is 5.82 Å². The highest BCUT2D eigenvalue weighted by atomic mass is 79.9. The number of anilines is 1. The second-order valence-electron chi connectivity index (χ2n) is 2.98. The fourth-order valence-electron chi connectivity index (χ4n) is 0.881. The van der Waals surface area contributed by atoms with Crippen molar-refractivity contribution in [2.75, 3.05) is 11.9 Å². The first kappa shape index (κ1) is 10.8. The molecule has 0 aliphatic carbocycles. The van der Waals surface area contributed by atoms with E-state index in [0.717, 1.165) is 16.8 Å². The lowest BCUT2D eigenvalue weighted by molar-refractivity contribution is 0.976. The van der Waals surface area contributed by atoms with Crippen LogP contribution in [0, 0.1) is 6.92 Å². The molecular formula is C9H12BrClN2. The lowest BCUT2D eigenvalue weighted by Gasteiger charge is -2.07. The van der Waals surface area contributed by atoms with Crippen molar-refractivity contribution in [3.8, 4) is 0 Å². The van der Waals surface area contributed by atoms with Crippen molar-refractivity contribution in [3.63, 3.8) is 0 Å². The molecule has 1 N–H and O–H groups in total. The van der Waals surface area contributed by atoms with Crippen molar-refractivity contribution in [1.82, 2.24) is 4.98 Å². The van der Waals surface area contributed by atoms with E-state index in [9.17, 15) is 0 Å². The molecule has 1 aromatic heterocycles. The second kappa shape index (κ2) is 4.82. The molecule has 1 aromatic rings. The van der Waals surface area contributed by atoms with Gasteiger partial charge < -0.3 is 5.32 Å². The Balaban J connectivity index is 2.63. The predicted molar refractivity (Wildman–Crippen MR) is 60.5 cm³/mol. The SMILES string of the molecule is Cc1cc(NCC(C)Cl)ncc1Br. The first-order chi connectivity index (χ1) is 6.09. The number of hydrogen-bond donors (Lipinski definition) is 1. The molecule has 0 aliphatic rings. The van der Waals surface area contributed by atoms with E-state index in [1.54, 1.807) is 6.20 Å². The normalized spacial score (nSPS) is 12.6. The molecule has 13 heavy (non-hydrogen) atoms. The van der Waals surface area contributed by atoms with Gasteiger partial charge >= 0.3 is 0 Å². The van der Waals surface area contributed by atoms with Crippen LogP contribution in [0.15, 0.2) is 16.7 Å². The fraction of sp³-hybridized carbons (Fsp3) is 0.444. The minimum Gasteiger partial charge on any atom is -0.369 e. The molecule has 0 saturated heterocycles. The fourth-order valence-corrected chi connectivity index (χ4v) is 1.18. The molecule has 0 aromatic carbocycles. The predicted octanol–water partition coefficient (Wildman–Crippen LogP) is 3.19. The van der Waals surface area contributed by atoms with Gasteiger partial charge in [0, 0.05) is 22.6 Å². The van der Waals surface area contributed by atoms with Crippen molar-refractivity contribution in [3.05, 3.63) is 22.3 Å². The molecule has 1 atom stereocenters. The molecule has 0 spiro atoms. The van der Waals surface area contributed by atoms with Gasteiger partial charge in [-0.1, -0.05) is 0 Å². The van der Waals surface area contributed by atoms with Crippen molar-refractivity contribution in [1.29, 1.82) is 0 Å². The molecule has 0 radical (unpaired) electrons. The molecule has 0 saturated carbocycles. The quantitative estimate of drug-likeness (QED) is 0.847. The van der Waals surface area contributed by atoms with Gasteiger partial charge in [-0.2, -0.15) is 0 Å². The van der Waals surface area contributed by atoms with E-state index < -0.39 is 0 Å². The van der Waals surface area contributed by atoms with Crippen LogP contribution in [-0.2, 0) is 0 Å². The van der Waals surface area contributed by atoms with Gasteiger partial charge in [-0.3, -0.25) is 0 Å². The first-order valence-corrected chi connectivity index (χ1v) is 5.32. The van der Waals surface area contributed by atoms with Crippen molar-refractivity contribution < 1.29 is 0 Å². The summed E-state index contributed by atoms with van der Waals surface area (Å²) in [7, 11) is 0. The lowest BCUT2D eigenvalue weighted by atomic mass is 10.3. The summed E-state index contributed by atoms with van der Waals surface area (Å²) in [6, 6.07) is 1.99. The summed E-state index contributed by atoms with van der Waals surface area (Å²) in [5.41, 5.74) is 1.17. The highest BCUT2D eigenvalue weighted by Gasteiger charge is 1.99. The third-order valence-corrected chi connectivity index (χ3v) is 2.60. The molecule has 1 heterocycles. The largest absolute Gasteiger partial charge is 0.369 e. The molecule has 4 heteroatoms. The van der Waals surface area contributed by atoms with E-state index in [4.69, 9.17) is 11.6 Å². The second-order valence-corrected chi connectivity index (χ2v) is 4.58. The minimum absolute atomic E-state index is 0.116. The summed E-state index contributed by atoms with van der Waals surface area (Å²) in [6.45, 7) is 4.71. The number of alkyl halides is 1. The number of aryl methyl sites for hydroxylation is 1. The van der Waals surface area contributed by atoms with Crippen molar-refractivity contribution in [2.24, 2.45) is 0 Å². The monoisotopic (exact) mass is 262 g/mol. The molecule has 0 amide bonds. The van der Waals surface area contributed by atoms with Gasteiger partial charge in [-0.05, 0) is 41.4 Å². The summed E-state index contributed by atoms with van der Waals surface area (Å²) in [5, 5.41) is 3.26. The Kier molecular flexibility index (Phi) is 4.00. The average molecular weight is 264 g/mol. The number of rotatable bonds is 3. The van der Waals surface area contributed by atoms with Crippen LogP contribution in [-0.4, -0.2) is 16.9 Å². The zero-order chi connectivity index (χ0) is 9.84. The Morgan fingerprint density at radius 2 is 2.38 bits per heavy atom. The number of nitrogens with zero attached hydrogens (tertiary/aromatic N) is 1. The van der Waals surface area contributed by atoms with Gasteiger partial charge in [0.1, 0.15) is 5.82 Å². The van der Waals surface area contributed by atoms with E-state index in [1.165, 1.54) is 5.56 Å². The van der Waals surface area contributed by atoms with Crippen LogP contribution < -0.4 is 5.32 Å². The zero-order valence-corrected chi connectivity index (χ0v) is 9.98. The van der Waals surface area contributed by atoms with E-state index in [0.29, 0.717) is 0 Å². The number of pyridine rings is 1. The van der Waals surface area contributed by atoms with E-state index in [2.05, 4.69) is 26.2 Å². The van der Waals surface area contributed by atoms with Crippen LogP contribution in [0.3, 0.4) is 0 Å². The zero-order valence-electron chi connectivity index (χ0n) is 7.64. The molecule has 72 valence electrons. The summed E-state index contributed by atoms with van der Waals surface area (Å²) in [6.07, 6.45) is 1.79. The van der Waals surface area contributed by atoms with E-state index in [-0.39, 0.29) is 5.38 Å². The van der Waals surface area contributed by atoms with E-state index >= 15 is 0 Å². The molecule has 0 fully saturated rings. The highest BCUT2D eigenvalue weighted by Crippen LogP contribution is 2.17. The molecule has 1 unspecified atom stereocenters. The smallest absolute Gasteiger partial charge is 0.126 e. The van der Waals surface area contributed by atoms with Crippen molar-refractivity contribution in [2.45, 2.75) is 19.2 Å². The molecule has 0 bridgehead atoms. The van der Waals surface area contributed by atoms with Crippen LogP contribution in [0.1, 0.15) is 12.5 Å². The number of hydrogen-bond acceptors (Lipinski definition) is 2. The standard InChI is InChI=1S/C9H12BrClN2/c1-6-3-9(12-4-7(2)11)13-5-8(6)10/h3,5,7H,4H2,1-2H3,(H,12,13). The molecule has 0 aliphatic heterocycles. The lowest BCUT2D eigenvalue weighted by Crippen LogP contribution is -2.11. The minimum atomic E-state index is 0.116. The molecular weight excluding hydrogens is 251 g/mol. The number of nitrogens with one attached hydrogen (secondary N) is 1. The highest BCUT2D eigenvalue weighted by molar-refractivity contribution is 9.10. The van der Waals surface area contributed by atoms with Gasteiger partial charge in [-0.15, -0.1) is 11.6 Å². The van der Waals surface area contributed by atoms with Gasteiger partial charge in [0.2, 0.25) is 0 Å². The van der Waals surface area contributed by atoms with Crippen LogP contribution in [0.5, 0.6) is 0 Å². The van der Waals surface area contributed by atoms with Gasteiger partial charge in [0.25, 0.3) is 0 Å². The Labute approximate surface area is 91.8 Å². The third-order valence-electron chi connectivity index (χ3n) is 1.61. The molecule has 1 rings (SSSR count). The topological polar surface area (TPSA) is 24.9 Å². The summed E-state index contributed by atoms with van der Waals surface area (Å²) < 4.78 is 1.02.